The van der Waals surface area contributed by atoms with Crippen molar-refractivity contribution in [2.24, 2.45) is 0 Å². The molecule has 0 atom stereocenters. The molecule has 0 aliphatic carbocycles. The van der Waals surface area contributed by atoms with Gasteiger partial charge in [-0.1, -0.05) is 255 Å². The van der Waals surface area contributed by atoms with Crippen molar-refractivity contribution < 1.29 is 0 Å². The van der Waals surface area contributed by atoms with Gasteiger partial charge in [-0.15, -0.1) is 0 Å². The molecule has 8 heterocycles. The van der Waals surface area contributed by atoms with Gasteiger partial charge in [0.05, 0.1) is 67.6 Å². The Hall–Kier alpha value is -13.8. The zero-order valence-electron chi connectivity index (χ0n) is 53.8. The van der Waals surface area contributed by atoms with Crippen LogP contribution >= 0.6 is 0 Å². The Kier molecular flexibility index (Phi) is 16.1. The maximum atomic E-state index is 5.16. The summed E-state index contributed by atoms with van der Waals surface area (Å²) in [6, 6.07) is 113. The van der Waals surface area contributed by atoms with Crippen LogP contribution in [0, 0.1) is 0 Å². The van der Waals surface area contributed by atoms with Gasteiger partial charge >= 0.3 is 0 Å². The fourth-order valence-electron chi connectivity index (χ4n) is 12.6. The Morgan fingerprint density at radius 1 is 0.150 bits per heavy atom. The third-order valence-electron chi connectivity index (χ3n) is 17.7. The second kappa shape index (κ2) is 26.8. The quantitative estimate of drug-likeness (QED) is 0.115. The number of benzene rings is 10. The minimum atomic E-state index is 0.615. The van der Waals surface area contributed by atoms with E-state index < -0.39 is 0 Å². The topological polar surface area (TPSA) is 142 Å². The number of hydrogen-bond acceptors (Lipinski definition) is 11. The normalized spacial score (nSPS) is 11.2. The number of pyridine rings is 6. The van der Waals surface area contributed by atoms with Crippen LogP contribution in [0.25, 0.3) is 179 Å². The van der Waals surface area contributed by atoms with Crippen LogP contribution in [-0.2, 0) is 0 Å². The lowest BCUT2D eigenvalue weighted by Crippen LogP contribution is -2.01. The SMILES string of the molecule is c1ccc(-c2cc(-c3ccccc3-c3ccc4ccc(-c5ccc6ccc(-c7ccccn7)nc6c5)nc4c3)nc(-c3ccccc3)n2)cc1.c1ccc(-c2nc(-c3ccccc3)nc(-c3ccccc3-c3ccc4ccc(-c5ccc6ccc(-c7ccccn7)nc6c5)nc4c3)n2)cc1. The molecule has 0 N–H and O–H groups in total. The van der Waals surface area contributed by atoms with Crippen LogP contribution in [0.15, 0.2) is 346 Å². The van der Waals surface area contributed by atoms with E-state index in [1.807, 2.05) is 158 Å². The lowest BCUT2D eigenvalue weighted by molar-refractivity contribution is 1.07. The van der Waals surface area contributed by atoms with Crippen LogP contribution in [0.1, 0.15) is 0 Å². The van der Waals surface area contributed by atoms with Crippen molar-refractivity contribution in [3.05, 3.63) is 346 Å². The molecule has 0 radical (unpaired) electrons. The molecule has 0 fully saturated rings. The average molecular weight is 1280 g/mol. The van der Waals surface area contributed by atoms with E-state index in [0.717, 1.165) is 156 Å². The molecule has 11 heteroatoms. The van der Waals surface area contributed by atoms with Crippen LogP contribution in [0.3, 0.4) is 0 Å². The van der Waals surface area contributed by atoms with E-state index in [-0.39, 0.29) is 0 Å². The van der Waals surface area contributed by atoms with Crippen LogP contribution in [0.5, 0.6) is 0 Å². The molecule has 8 aromatic heterocycles. The Bertz CT molecular complexity index is 5540. The summed E-state index contributed by atoms with van der Waals surface area (Å²) in [6.07, 6.45) is 3.58. The number of hydrogen-bond donors (Lipinski definition) is 0. The molecule has 100 heavy (non-hydrogen) atoms. The summed E-state index contributed by atoms with van der Waals surface area (Å²) in [5.74, 6) is 2.57. The number of nitrogens with zero attached hydrogens (tertiary/aromatic N) is 11. The number of aromatic nitrogens is 11. The lowest BCUT2D eigenvalue weighted by Gasteiger charge is -2.13. The van der Waals surface area contributed by atoms with Crippen molar-refractivity contribution >= 4 is 43.6 Å². The molecule has 18 aromatic rings. The van der Waals surface area contributed by atoms with Crippen LogP contribution in [-0.4, -0.2) is 54.8 Å². The Morgan fingerprint density at radius 3 is 0.910 bits per heavy atom. The zero-order valence-corrected chi connectivity index (χ0v) is 53.8. The minimum Gasteiger partial charge on any atom is -0.255 e. The fourth-order valence-corrected chi connectivity index (χ4v) is 12.6. The van der Waals surface area contributed by atoms with Gasteiger partial charge < -0.3 is 0 Å². The predicted octanol–water partition coefficient (Wildman–Crippen LogP) is 21.3. The maximum Gasteiger partial charge on any atom is 0.164 e. The molecule has 0 aliphatic rings. The third-order valence-corrected chi connectivity index (χ3v) is 17.7. The van der Waals surface area contributed by atoms with E-state index in [4.69, 9.17) is 44.9 Å². The van der Waals surface area contributed by atoms with Gasteiger partial charge in [0.2, 0.25) is 0 Å². The summed E-state index contributed by atoms with van der Waals surface area (Å²) in [7, 11) is 0. The average Bonchev–Trinajstić information content (AvgIpc) is 0.802. The number of fused-ring (bicyclic) bond motifs is 4. The van der Waals surface area contributed by atoms with E-state index in [2.05, 4.69) is 186 Å². The molecule has 0 spiro atoms. The highest BCUT2D eigenvalue weighted by atomic mass is 15.0. The van der Waals surface area contributed by atoms with Crippen molar-refractivity contribution in [1.82, 2.24) is 54.8 Å². The number of rotatable bonds is 12. The second-order valence-corrected chi connectivity index (χ2v) is 24.2. The molecular weight excluding hydrogens is 1220 g/mol. The van der Waals surface area contributed by atoms with E-state index in [0.29, 0.717) is 23.3 Å². The summed E-state index contributed by atoms with van der Waals surface area (Å²) >= 11 is 0. The Balaban J connectivity index is 0.000000150. The predicted molar refractivity (Wildman–Crippen MR) is 404 cm³/mol. The molecule has 18 rings (SSSR count). The first-order valence-corrected chi connectivity index (χ1v) is 33.0. The van der Waals surface area contributed by atoms with Gasteiger partial charge in [-0.2, -0.15) is 0 Å². The van der Waals surface area contributed by atoms with Gasteiger partial charge in [-0.3, -0.25) is 9.97 Å². The van der Waals surface area contributed by atoms with Crippen molar-refractivity contribution in [3.8, 4) is 136 Å². The first kappa shape index (κ1) is 59.9. The van der Waals surface area contributed by atoms with Gasteiger partial charge in [0.1, 0.15) is 0 Å². The molecule has 10 aromatic carbocycles. The minimum absolute atomic E-state index is 0.615. The Labute approximate surface area is 576 Å². The molecule has 468 valence electrons. The van der Waals surface area contributed by atoms with Crippen molar-refractivity contribution in [2.45, 2.75) is 0 Å². The van der Waals surface area contributed by atoms with Crippen molar-refractivity contribution in [3.63, 3.8) is 0 Å². The van der Waals surface area contributed by atoms with Crippen LogP contribution < -0.4 is 0 Å². The van der Waals surface area contributed by atoms with Crippen molar-refractivity contribution in [2.75, 3.05) is 0 Å². The fraction of sp³-hybridized carbons (Fsp3) is 0. The first-order chi connectivity index (χ1) is 49.5. The summed E-state index contributed by atoms with van der Waals surface area (Å²) in [5.41, 5.74) is 22.6. The largest absolute Gasteiger partial charge is 0.255 e. The molecule has 11 nitrogen and oxygen atoms in total. The lowest BCUT2D eigenvalue weighted by atomic mass is 9.95. The highest BCUT2D eigenvalue weighted by Crippen LogP contribution is 2.38. The van der Waals surface area contributed by atoms with E-state index in [1.54, 1.807) is 12.4 Å². The monoisotopic (exact) mass is 1280 g/mol. The second-order valence-electron chi connectivity index (χ2n) is 24.2. The molecule has 0 saturated heterocycles. The van der Waals surface area contributed by atoms with E-state index >= 15 is 0 Å². The van der Waals surface area contributed by atoms with Gasteiger partial charge in [0.25, 0.3) is 0 Å². The van der Waals surface area contributed by atoms with Gasteiger partial charge in [-0.25, -0.2) is 44.9 Å². The van der Waals surface area contributed by atoms with Crippen LogP contribution in [0.4, 0.5) is 0 Å². The van der Waals surface area contributed by atoms with Gasteiger partial charge in [0.15, 0.2) is 23.3 Å². The highest BCUT2D eigenvalue weighted by Gasteiger charge is 2.19. The maximum absolute atomic E-state index is 5.16. The van der Waals surface area contributed by atoms with Gasteiger partial charge in [0, 0.05) is 78.4 Å². The Morgan fingerprint density at radius 2 is 0.470 bits per heavy atom. The standard InChI is InChI=1S/C45H29N5.C44H28N6/c1-3-11-30(12-4-1)43-29-44(50-45(49-43)33-13-5-2-6-14-33)37-16-8-7-15-36(37)34-20-18-31-22-24-38(47-41(31)27-34)35-21-19-32-23-25-40(48-42(32)28-35)39-17-9-10-26-46-39;1-3-11-31(12-4-1)42-48-43(32-13-5-2-6-14-32)50-44(49-42)36-16-8-7-15-35(36)33-20-18-29-22-24-37(46-40(29)27-33)34-21-19-30-23-25-39(47-41(30)28-34)38-17-9-10-26-45-38/h1-29H;1-28H. The molecule has 0 saturated carbocycles. The molecule has 0 amide bonds. The summed E-state index contributed by atoms with van der Waals surface area (Å²) in [6.45, 7) is 0. The smallest absolute Gasteiger partial charge is 0.164 e. The third kappa shape index (κ3) is 12.5. The molecular formula is C89H57N11. The zero-order chi connectivity index (χ0) is 66.6. The highest BCUT2D eigenvalue weighted by molar-refractivity contribution is 5.94. The van der Waals surface area contributed by atoms with Crippen molar-refractivity contribution in [1.29, 1.82) is 0 Å². The molecule has 0 aliphatic heterocycles. The van der Waals surface area contributed by atoms with E-state index in [1.165, 1.54) is 0 Å². The van der Waals surface area contributed by atoms with Crippen LogP contribution in [0.2, 0.25) is 0 Å². The molecule has 0 unspecified atom stereocenters. The molecule has 0 bridgehead atoms. The first-order valence-electron chi connectivity index (χ1n) is 33.0. The summed E-state index contributed by atoms with van der Waals surface area (Å²) in [4.78, 5) is 54.1. The van der Waals surface area contributed by atoms with Gasteiger partial charge in [-0.05, 0) is 101 Å². The van der Waals surface area contributed by atoms with E-state index in [9.17, 15) is 0 Å². The summed E-state index contributed by atoms with van der Waals surface area (Å²) in [5, 5.41) is 4.27. The summed E-state index contributed by atoms with van der Waals surface area (Å²) < 4.78 is 0.